The van der Waals surface area contributed by atoms with Gasteiger partial charge in [-0.15, -0.1) is 0 Å². The van der Waals surface area contributed by atoms with E-state index in [-0.39, 0.29) is 17.6 Å². The predicted molar refractivity (Wildman–Crippen MR) is 72.1 cm³/mol. The average molecular weight is 318 g/mol. The van der Waals surface area contributed by atoms with Crippen molar-refractivity contribution in [3.63, 3.8) is 0 Å². The highest BCUT2D eigenvalue weighted by molar-refractivity contribution is 9.10. The number of rotatable bonds is 5. The van der Waals surface area contributed by atoms with Gasteiger partial charge in [0.2, 0.25) is 0 Å². The molecule has 1 amide bonds. The molecule has 0 aliphatic carbocycles. The summed E-state index contributed by atoms with van der Waals surface area (Å²) in [6.07, 6.45) is 0.119. The lowest BCUT2D eigenvalue weighted by Crippen LogP contribution is -2.31. The smallest absolute Gasteiger partial charge is 0.257 e. The van der Waals surface area contributed by atoms with E-state index in [9.17, 15) is 9.18 Å². The third-order valence-corrected chi connectivity index (χ3v) is 3.06. The molecule has 5 heteroatoms. The SMILES string of the molecule is CC(C)OCCN(C)C(=O)c1c(F)cccc1Br. The normalized spacial score (nSPS) is 10.8. The molecule has 0 heterocycles. The Balaban J connectivity index is 2.69. The number of hydrogen-bond acceptors (Lipinski definition) is 2. The summed E-state index contributed by atoms with van der Waals surface area (Å²) in [5.41, 5.74) is 0.0598. The highest BCUT2D eigenvalue weighted by atomic mass is 79.9. The molecule has 0 aliphatic rings. The zero-order valence-electron chi connectivity index (χ0n) is 10.7. The van der Waals surface area contributed by atoms with Gasteiger partial charge in [-0.3, -0.25) is 4.79 Å². The van der Waals surface area contributed by atoms with Crippen molar-refractivity contribution >= 4 is 21.8 Å². The van der Waals surface area contributed by atoms with E-state index >= 15 is 0 Å². The highest BCUT2D eigenvalue weighted by Gasteiger charge is 2.18. The van der Waals surface area contributed by atoms with E-state index in [0.29, 0.717) is 17.6 Å². The molecule has 0 radical (unpaired) electrons. The molecule has 0 bridgehead atoms. The molecule has 0 aromatic heterocycles. The van der Waals surface area contributed by atoms with E-state index in [4.69, 9.17) is 4.74 Å². The Morgan fingerprint density at radius 2 is 2.17 bits per heavy atom. The lowest BCUT2D eigenvalue weighted by atomic mass is 10.2. The summed E-state index contributed by atoms with van der Waals surface area (Å²) in [7, 11) is 1.63. The highest BCUT2D eigenvalue weighted by Crippen LogP contribution is 2.20. The molecule has 0 aliphatic heterocycles. The fraction of sp³-hybridized carbons (Fsp3) is 0.462. The molecule has 0 unspecified atom stereocenters. The molecule has 0 fully saturated rings. The van der Waals surface area contributed by atoms with Gasteiger partial charge in [0.05, 0.1) is 18.3 Å². The van der Waals surface area contributed by atoms with Crippen molar-refractivity contribution in [2.45, 2.75) is 20.0 Å². The van der Waals surface area contributed by atoms with Crippen LogP contribution in [0.4, 0.5) is 4.39 Å². The summed E-state index contributed by atoms with van der Waals surface area (Å²) >= 11 is 3.19. The van der Waals surface area contributed by atoms with E-state index in [1.165, 1.54) is 11.0 Å². The van der Waals surface area contributed by atoms with Gasteiger partial charge in [0.15, 0.2) is 0 Å². The Labute approximate surface area is 115 Å². The number of hydrogen-bond donors (Lipinski definition) is 0. The second-order valence-corrected chi connectivity index (χ2v) is 5.10. The van der Waals surface area contributed by atoms with E-state index in [0.717, 1.165) is 0 Å². The van der Waals surface area contributed by atoms with E-state index in [1.54, 1.807) is 19.2 Å². The van der Waals surface area contributed by atoms with Crippen molar-refractivity contribution in [2.24, 2.45) is 0 Å². The van der Waals surface area contributed by atoms with Crippen LogP contribution in [0, 0.1) is 5.82 Å². The molecular formula is C13H17BrFNO2. The number of halogens is 2. The number of amides is 1. The summed E-state index contributed by atoms with van der Waals surface area (Å²) in [5.74, 6) is -0.877. The Morgan fingerprint density at radius 1 is 1.50 bits per heavy atom. The van der Waals surface area contributed by atoms with Crippen molar-refractivity contribution < 1.29 is 13.9 Å². The lowest BCUT2D eigenvalue weighted by molar-refractivity contribution is 0.0529. The van der Waals surface area contributed by atoms with Crippen molar-refractivity contribution in [2.75, 3.05) is 20.2 Å². The fourth-order valence-corrected chi connectivity index (χ4v) is 1.93. The maximum absolute atomic E-state index is 13.6. The van der Waals surface area contributed by atoms with E-state index in [1.807, 2.05) is 13.8 Å². The van der Waals surface area contributed by atoms with Crippen LogP contribution in [0.1, 0.15) is 24.2 Å². The molecule has 1 aromatic carbocycles. The average Bonchev–Trinajstić information content (AvgIpc) is 2.27. The predicted octanol–water partition coefficient (Wildman–Crippen LogP) is 3.09. The third-order valence-electron chi connectivity index (χ3n) is 2.40. The van der Waals surface area contributed by atoms with Crippen LogP contribution in [-0.4, -0.2) is 37.1 Å². The van der Waals surface area contributed by atoms with Gasteiger partial charge < -0.3 is 9.64 Å². The summed E-state index contributed by atoms with van der Waals surface area (Å²) in [5, 5.41) is 0. The molecule has 0 saturated carbocycles. The minimum Gasteiger partial charge on any atom is -0.377 e. The summed E-state index contributed by atoms with van der Waals surface area (Å²) < 4.78 is 19.4. The van der Waals surface area contributed by atoms with Crippen LogP contribution in [0.5, 0.6) is 0 Å². The van der Waals surface area contributed by atoms with Crippen molar-refractivity contribution in [3.05, 3.63) is 34.1 Å². The Morgan fingerprint density at radius 3 is 2.72 bits per heavy atom. The maximum atomic E-state index is 13.6. The largest absolute Gasteiger partial charge is 0.377 e. The van der Waals surface area contributed by atoms with Crippen LogP contribution >= 0.6 is 15.9 Å². The van der Waals surface area contributed by atoms with Crippen LogP contribution in [-0.2, 0) is 4.74 Å². The first kappa shape index (κ1) is 15.1. The first-order valence-corrected chi connectivity index (χ1v) is 6.54. The first-order chi connectivity index (χ1) is 8.43. The molecule has 100 valence electrons. The van der Waals surface area contributed by atoms with Crippen molar-refractivity contribution in [1.29, 1.82) is 0 Å². The summed E-state index contributed by atoms with van der Waals surface area (Å²) in [6.45, 7) is 4.72. The zero-order chi connectivity index (χ0) is 13.7. The van der Waals surface area contributed by atoms with Gasteiger partial charge in [-0.25, -0.2) is 4.39 Å². The molecule has 0 spiro atoms. The van der Waals surface area contributed by atoms with Gasteiger partial charge in [0.25, 0.3) is 5.91 Å². The van der Waals surface area contributed by atoms with E-state index < -0.39 is 5.82 Å². The fourth-order valence-electron chi connectivity index (χ4n) is 1.42. The molecule has 1 rings (SSSR count). The molecule has 18 heavy (non-hydrogen) atoms. The molecule has 0 N–H and O–H groups in total. The molecule has 1 aromatic rings. The van der Waals surface area contributed by atoms with Crippen molar-refractivity contribution in [1.82, 2.24) is 4.90 Å². The van der Waals surface area contributed by atoms with E-state index in [2.05, 4.69) is 15.9 Å². The Hall–Kier alpha value is -0.940. The number of ether oxygens (including phenoxy) is 1. The van der Waals surface area contributed by atoms with Crippen LogP contribution in [0.25, 0.3) is 0 Å². The molecule has 0 atom stereocenters. The number of nitrogens with zero attached hydrogens (tertiary/aromatic N) is 1. The van der Waals surface area contributed by atoms with Crippen LogP contribution < -0.4 is 0 Å². The Kier molecular flexibility index (Phi) is 5.75. The second kappa shape index (κ2) is 6.85. The topological polar surface area (TPSA) is 29.5 Å². The lowest BCUT2D eigenvalue weighted by Gasteiger charge is -2.19. The summed E-state index contributed by atoms with van der Waals surface area (Å²) in [6, 6.07) is 4.48. The molecular weight excluding hydrogens is 301 g/mol. The van der Waals surface area contributed by atoms with Crippen molar-refractivity contribution in [3.8, 4) is 0 Å². The van der Waals surface area contributed by atoms with Gasteiger partial charge in [-0.2, -0.15) is 0 Å². The molecule has 0 saturated heterocycles. The Bertz CT molecular complexity index is 403. The van der Waals surface area contributed by atoms with Gasteiger partial charge in [0.1, 0.15) is 5.82 Å². The molecule has 3 nitrogen and oxygen atoms in total. The van der Waals surface area contributed by atoms with Crippen LogP contribution in [0.2, 0.25) is 0 Å². The maximum Gasteiger partial charge on any atom is 0.257 e. The van der Waals surface area contributed by atoms with Crippen LogP contribution in [0.3, 0.4) is 0 Å². The monoisotopic (exact) mass is 317 g/mol. The number of benzene rings is 1. The minimum atomic E-state index is -0.522. The zero-order valence-corrected chi connectivity index (χ0v) is 12.3. The minimum absolute atomic E-state index is 0.0598. The standard InChI is InChI=1S/C13H17BrFNO2/c1-9(2)18-8-7-16(3)13(17)12-10(14)5-4-6-11(12)15/h4-6,9H,7-8H2,1-3H3. The van der Waals surface area contributed by atoms with Gasteiger partial charge in [-0.05, 0) is 41.9 Å². The summed E-state index contributed by atoms with van der Waals surface area (Å²) in [4.78, 5) is 13.5. The van der Waals surface area contributed by atoms with Gasteiger partial charge >= 0.3 is 0 Å². The van der Waals surface area contributed by atoms with Crippen LogP contribution in [0.15, 0.2) is 22.7 Å². The van der Waals surface area contributed by atoms with Gasteiger partial charge in [-0.1, -0.05) is 6.07 Å². The second-order valence-electron chi connectivity index (χ2n) is 4.24. The number of carbonyl (C=O) groups excluding carboxylic acids is 1. The third kappa shape index (κ3) is 4.07. The van der Waals surface area contributed by atoms with Gasteiger partial charge in [0, 0.05) is 18.1 Å². The number of likely N-dealkylation sites (N-methyl/N-ethyl adjacent to an activating group) is 1. The number of carbonyl (C=O) groups is 1. The quantitative estimate of drug-likeness (QED) is 0.835. The first-order valence-electron chi connectivity index (χ1n) is 5.74.